The molecule has 0 bridgehead atoms. The summed E-state index contributed by atoms with van der Waals surface area (Å²) < 4.78 is 34.2. The first-order valence-corrected chi connectivity index (χ1v) is 11.0. The van der Waals surface area contributed by atoms with Gasteiger partial charge in [0, 0.05) is 23.0 Å². The van der Waals surface area contributed by atoms with Crippen LogP contribution in [0.15, 0.2) is 95.9 Å². The topological polar surface area (TPSA) is 81.4 Å². The third-order valence-corrected chi connectivity index (χ3v) is 6.30. The average molecular weight is 419 g/mol. The third kappa shape index (κ3) is 4.45. The zero-order valence-electron chi connectivity index (χ0n) is 16.3. The maximum atomic E-state index is 12.9. The Morgan fingerprint density at radius 3 is 2.20 bits per heavy atom. The van der Waals surface area contributed by atoms with E-state index in [1.807, 2.05) is 60.7 Å². The summed E-state index contributed by atoms with van der Waals surface area (Å²) in [4.78, 5) is 0.218. The molecule has 0 unspecified atom stereocenters. The Labute approximate surface area is 176 Å². The first kappa shape index (κ1) is 19.9. The van der Waals surface area contributed by atoms with E-state index in [0.29, 0.717) is 17.7 Å². The summed E-state index contributed by atoms with van der Waals surface area (Å²) in [6.45, 7) is 0.664. The van der Waals surface area contributed by atoms with Crippen LogP contribution in [0.3, 0.4) is 0 Å². The smallest absolute Gasteiger partial charge is 0.241 e. The highest BCUT2D eigenvalue weighted by Gasteiger charge is 2.17. The summed E-state index contributed by atoms with van der Waals surface area (Å²) >= 11 is 0. The SMILES string of the molecule is Nc1cccc2c(S(=O)(=O)NCc3ccc(OCc4ccccc4)cc3)cccc12. The number of nitrogens with one attached hydrogen (secondary N) is 1. The maximum absolute atomic E-state index is 12.9. The number of hydrogen-bond acceptors (Lipinski definition) is 4. The molecule has 0 radical (unpaired) electrons. The largest absolute Gasteiger partial charge is 0.489 e. The molecule has 0 aromatic heterocycles. The number of anilines is 1. The van der Waals surface area contributed by atoms with Gasteiger partial charge in [0.15, 0.2) is 0 Å². The van der Waals surface area contributed by atoms with Crippen molar-refractivity contribution in [2.24, 2.45) is 0 Å². The second kappa shape index (κ2) is 8.57. The van der Waals surface area contributed by atoms with Gasteiger partial charge in [-0.15, -0.1) is 0 Å². The van der Waals surface area contributed by atoms with Crippen LogP contribution in [0, 0.1) is 0 Å². The van der Waals surface area contributed by atoms with Crippen molar-refractivity contribution in [1.29, 1.82) is 0 Å². The molecule has 4 rings (SSSR count). The van der Waals surface area contributed by atoms with Crippen molar-refractivity contribution < 1.29 is 13.2 Å². The number of nitrogens with two attached hydrogens (primary N) is 1. The van der Waals surface area contributed by atoms with Crippen LogP contribution in [0.5, 0.6) is 5.75 Å². The van der Waals surface area contributed by atoms with Crippen LogP contribution in [-0.2, 0) is 23.2 Å². The van der Waals surface area contributed by atoms with E-state index in [-0.39, 0.29) is 11.4 Å². The van der Waals surface area contributed by atoms with Gasteiger partial charge in [-0.25, -0.2) is 13.1 Å². The molecule has 0 spiro atoms. The Kier molecular flexibility index (Phi) is 5.70. The summed E-state index contributed by atoms with van der Waals surface area (Å²) in [5, 5.41) is 1.33. The van der Waals surface area contributed by atoms with Gasteiger partial charge in [0.2, 0.25) is 10.0 Å². The Balaban J connectivity index is 1.44. The molecule has 0 aliphatic carbocycles. The number of rotatable bonds is 7. The fourth-order valence-corrected chi connectivity index (χ4v) is 4.48. The number of fused-ring (bicyclic) bond motifs is 1. The molecule has 4 aromatic carbocycles. The quantitative estimate of drug-likeness (QED) is 0.434. The van der Waals surface area contributed by atoms with Crippen molar-refractivity contribution in [3.8, 4) is 5.75 Å². The van der Waals surface area contributed by atoms with Gasteiger partial charge in [-0.05, 0) is 35.4 Å². The van der Waals surface area contributed by atoms with Gasteiger partial charge in [0.1, 0.15) is 12.4 Å². The highest BCUT2D eigenvalue weighted by atomic mass is 32.2. The van der Waals surface area contributed by atoms with Gasteiger partial charge in [-0.2, -0.15) is 0 Å². The van der Waals surface area contributed by atoms with E-state index in [2.05, 4.69) is 4.72 Å². The second-order valence-electron chi connectivity index (χ2n) is 6.94. The molecule has 0 heterocycles. The predicted molar refractivity (Wildman–Crippen MR) is 120 cm³/mol. The molecule has 152 valence electrons. The highest BCUT2D eigenvalue weighted by Crippen LogP contribution is 2.27. The van der Waals surface area contributed by atoms with Crippen LogP contribution in [-0.4, -0.2) is 8.42 Å². The summed E-state index contributed by atoms with van der Waals surface area (Å²) in [5.74, 6) is 0.731. The Hall–Kier alpha value is -3.35. The van der Waals surface area contributed by atoms with Crippen molar-refractivity contribution in [3.05, 3.63) is 102 Å². The number of nitrogen functional groups attached to an aromatic ring is 1. The molecule has 5 nitrogen and oxygen atoms in total. The first-order valence-electron chi connectivity index (χ1n) is 9.55. The second-order valence-corrected chi connectivity index (χ2v) is 8.68. The zero-order valence-corrected chi connectivity index (χ0v) is 17.1. The fraction of sp³-hybridized carbons (Fsp3) is 0.0833. The molecule has 0 atom stereocenters. The lowest BCUT2D eigenvalue weighted by Crippen LogP contribution is -2.23. The molecule has 0 aliphatic rings. The van der Waals surface area contributed by atoms with Crippen LogP contribution in [0.2, 0.25) is 0 Å². The predicted octanol–water partition coefficient (Wildman–Crippen LogP) is 4.48. The van der Waals surface area contributed by atoms with E-state index in [1.54, 1.807) is 30.3 Å². The molecular weight excluding hydrogens is 396 g/mol. The van der Waals surface area contributed by atoms with E-state index in [1.165, 1.54) is 0 Å². The van der Waals surface area contributed by atoms with E-state index in [4.69, 9.17) is 10.5 Å². The monoisotopic (exact) mass is 418 g/mol. The Bertz CT molecular complexity index is 1250. The minimum atomic E-state index is -3.70. The molecule has 30 heavy (non-hydrogen) atoms. The lowest BCUT2D eigenvalue weighted by Gasteiger charge is -2.11. The normalized spacial score (nSPS) is 11.5. The first-order chi connectivity index (χ1) is 14.5. The average Bonchev–Trinajstić information content (AvgIpc) is 2.78. The van der Waals surface area contributed by atoms with E-state index >= 15 is 0 Å². The standard InChI is InChI=1S/C24H22N2O3S/c25-23-10-4-9-22-21(23)8-5-11-24(22)30(27,28)26-16-18-12-14-20(15-13-18)29-17-19-6-2-1-3-7-19/h1-15,26H,16-17,25H2. The highest BCUT2D eigenvalue weighted by molar-refractivity contribution is 7.89. The van der Waals surface area contributed by atoms with Crippen LogP contribution in [0.4, 0.5) is 5.69 Å². The van der Waals surface area contributed by atoms with Crippen molar-refractivity contribution in [2.45, 2.75) is 18.0 Å². The van der Waals surface area contributed by atoms with Gasteiger partial charge in [-0.1, -0.05) is 66.7 Å². The third-order valence-electron chi connectivity index (χ3n) is 4.84. The van der Waals surface area contributed by atoms with Crippen LogP contribution in [0.25, 0.3) is 10.8 Å². The van der Waals surface area contributed by atoms with Gasteiger partial charge in [0.25, 0.3) is 0 Å². The van der Waals surface area contributed by atoms with Gasteiger partial charge in [0.05, 0.1) is 4.90 Å². The minimum Gasteiger partial charge on any atom is -0.489 e. The van der Waals surface area contributed by atoms with E-state index in [9.17, 15) is 8.42 Å². The molecule has 3 N–H and O–H groups in total. The number of sulfonamides is 1. The number of hydrogen-bond donors (Lipinski definition) is 2. The van der Waals surface area contributed by atoms with Crippen molar-refractivity contribution in [2.75, 3.05) is 5.73 Å². The zero-order chi connectivity index (χ0) is 21.0. The van der Waals surface area contributed by atoms with Crippen LogP contribution >= 0.6 is 0 Å². The van der Waals surface area contributed by atoms with Crippen molar-refractivity contribution in [3.63, 3.8) is 0 Å². The van der Waals surface area contributed by atoms with Crippen molar-refractivity contribution >= 4 is 26.5 Å². The maximum Gasteiger partial charge on any atom is 0.241 e. The molecular formula is C24H22N2O3S. The summed E-state index contributed by atoms with van der Waals surface area (Å²) in [6.07, 6.45) is 0. The fourth-order valence-electron chi connectivity index (χ4n) is 3.24. The molecule has 6 heteroatoms. The molecule has 0 saturated heterocycles. The summed E-state index contributed by atoms with van der Waals surface area (Å²) in [5.41, 5.74) is 8.46. The minimum absolute atomic E-state index is 0.181. The lowest BCUT2D eigenvalue weighted by atomic mass is 10.1. The van der Waals surface area contributed by atoms with Gasteiger partial charge >= 0.3 is 0 Å². The number of benzene rings is 4. The Morgan fingerprint density at radius 2 is 1.43 bits per heavy atom. The van der Waals surface area contributed by atoms with Crippen molar-refractivity contribution in [1.82, 2.24) is 4.72 Å². The Morgan fingerprint density at radius 1 is 0.733 bits per heavy atom. The summed E-state index contributed by atoms with van der Waals surface area (Å²) in [7, 11) is -3.70. The number of ether oxygens (including phenoxy) is 1. The molecule has 0 amide bonds. The lowest BCUT2D eigenvalue weighted by molar-refractivity contribution is 0.306. The van der Waals surface area contributed by atoms with E-state index in [0.717, 1.165) is 22.3 Å². The van der Waals surface area contributed by atoms with Crippen LogP contribution < -0.4 is 15.2 Å². The van der Waals surface area contributed by atoms with Crippen LogP contribution in [0.1, 0.15) is 11.1 Å². The molecule has 0 saturated carbocycles. The van der Waals surface area contributed by atoms with E-state index < -0.39 is 10.0 Å². The molecule has 0 fully saturated rings. The van der Waals surface area contributed by atoms with Gasteiger partial charge in [-0.3, -0.25) is 0 Å². The summed E-state index contributed by atoms with van der Waals surface area (Å²) in [6, 6.07) is 27.7. The van der Waals surface area contributed by atoms with Gasteiger partial charge < -0.3 is 10.5 Å². The molecule has 0 aliphatic heterocycles. The molecule has 4 aromatic rings.